The maximum atomic E-state index is 11.0. The van der Waals surface area contributed by atoms with Crippen molar-refractivity contribution in [1.82, 2.24) is 5.32 Å². The molecule has 0 unspecified atom stereocenters. The van der Waals surface area contributed by atoms with Crippen molar-refractivity contribution in [3.05, 3.63) is 7.43 Å². The fourth-order valence-corrected chi connectivity index (χ4v) is 1.70. The Kier molecular flexibility index (Phi) is 9.22. The molecule has 13 heavy (non-hydrogen) atoms. The Labute approximate surface area is 105 Å². The summed E-state index contributed by atoms with van der Waals surface area (Å²) in [4.78, 5) is 20.9. The van der Waals surface area contributed by atoms with Gasteiger partial charge in [-0.1, -0.05) is 6.42 Å². The molecule has 1 saturated carbocycles. The first-order valence-corrected chi connectivity index (χ1v) is 3.89. The van der Waals surface area contributed by atoms with Crippen molar-refractivity contribution in [3.8, 4) is 0 Å². The van der Waals surface area contributed by atoms with E-state index in [4.69, 9.17) is 0 Å². The monoisotopic (exact) mass is 258 g/mol. The zero-order valence-corrected chi connectivity index (χ0v) is 11.0. The predicted octanol–water partition coefficient (Wildman–Crippen LogP) is 0.849. The van der Waals surface area contributed by atoms with Gasteiger partial charge in [0, 0.05) is 44.7 Å². The van der Waals surface area contributed by atoms with Crippen molar-refractivity contribution in [1.29, 1.82) is 0 Å². The Morgan fingerprint density at radius 1 is 1.46 bits per heavy atom. The third-order valence-corrected chi connectivity index (χ3v) is 2.28. The zero-order chi connectivity index (χ0) is 8.27. The van der Waals surface area contributed by atoms with E-state index in [2.05, 4.69) is 5.32 Å². The molecule has 1 aliphatic carbocycles. The molecule has 2 atom stereocenters. The first-order chi connectivity index (χ1) is 5.25. The van der Waals surface area contributed by atoms with Crippen LogP contribution in [0.25, 0.3) is 0 Å². The number of hydrogen-bond acceptors (Lipinski definition) is 2. The topological polar surface area (TPSA) is 46.2 Å². The molecule has 73 valence electrons. The average Bonchev–Trinajstić information content (AvgIpc) is 2.36. The van der Waals surface area contributed by atoms with E-state index >= 15 is 0 Å². The summed E-state index contributed by atoms with van der Waals surface area (Å²) in [7, 11) is 0. The van der Waals surface area contributed by atoms with Gasteiger partial charge in [-0.05, 0) is 19.8 Å². The Hall–Kier alpha value is 0.244. The molecule has 1 radical (unpaired) electrons. The standard InChI is InChI=1S/C8H12NO2.CH3.Y/c1-6(11)7-3-2-4-8(7)9-5-10;;/h7-8H,2-4H2,1H3,(H,9,10);1H3;/q2*-1;/t7-,8-;;/m1../s1. The van der Waals surface area contributed by atoms with Gasteiger partial charge >= 0.3 is 0 Å². The maximum Gasteiger partial charge on any atom is 0.134 e. The van der Waals surface area contributed by atoms with Crippen LogP contribution in [0.4, 0.5) is 0 Å². The van der Waals surface area contributed by atoms with Crippen LogP contribution in [0.2, 0.25) is 0 Å². The molecule has 1 aliphatic rings. The molecule has 1 amide bonds. The number of hydrogen-bond donors (Lipinski definition) is 1. The molecule has 1 rings (SSSR count). The number of amides is 1. The van der Waals surface area contributed by atoms with Crippen LogP contribution in [0, 0.1) is 13.3 Å². The van der Waals surface area contributed by atoms with E-state index in [-0.39, 0.29) is 57.9 Å². The minimum atomic E-state index is 0. The van der Waals surface area contributed by atoms with Crippen LogP contribution in [0.3, 0.4) is 0 Å². The number of carbonyl (C=O) groups excluding carboxylic acids is 2. The fourth-order valence-electron chi connectivity index (χ4n) is 1.70. The molecule has 0 aromatic heterocycles. The van der Waals surface area contributed by atoms with Gasteiger partial charge < -0.3 is 17.5 Å². The third-order valence-electron chi connectivity index (χ3n) is 2.28. The van der Waals surface area contributed by atoms with E-state index in [1.165, 1.54) is 0 Å². The Morgan fingerprint density at radius 3 is 2.54 bits per heavy atom. The summed E-state index contributed by atoms with van der Waals surface area (Å²) in [6.07, 6.45) is 4.50. The second kappa shape index (κ2) is 7.63. The van der Waals surface area contributed by atoms with E-state index in [0.29, 0.717) is 0 Å². The van der Waals surface area contributed by atoms with Gasteiger partial charge in [0.2, 0.25) is 0 Å². The van der Waals surface area contributed by atoms with Crippen molar-refractivity contribution in [2.45, 2.75) is 32.2 Å². The number of ketones is 1. The first kappa shape index (κ1) is 15.7. The molecule has 1 N–H and O–H groups in total. The van der Waals surface area contributed by atoms with Gasteiger partial charge in [0.25, 0.3) is 0 Å². The molecule has 4 heteroatoms. The number of rotatable bonds is 3. The third kappa shape index (κ3) is 4.32. The van der Waals surface area contributed by atoms with Crippen molar-refractivity contribution in [2.24, 2.45) is 5.92 Å². The second-order valence-electron chi connectivity index (χ2n) is 3.00. The fraction of sp³-hybridized carbons (Fsp3) is 0.667. The van der Waals surface area contributed by atoms with Crippen LogP contribution in [-0.2, 0) is 42.3 Å². The molecule has 3 nitrogen and oxygen atoms in total. The Balaban J connectivity index is 0. The van der Waals surface area contributed by atoms with Gasteiger partial charge in [0.1, 0.15) is 5.78 Å². The molecular weight excluding hydrogens is 243 g/mol. The van der Waals surface area contributed by atoms with Gasteiger partial charge in [-0.2, -0.15) is 6.41 Å². The normalized spacial score (nSPS) is 25.3. The van der Waals surface area contributed by atoms with Crippen molar-refractivity contribution >= 4 is 12.2 Å². The predicted molar refractivity (Wildman–Crippen MR) is 47.1 cm³/mol. The number of nitrogens with one attached hydrogen (secondary N) is 1. The molecule has 0 aliphatic heterocycles. The van der Waals surface area contributed by atoms with E-state index < -0.39 is 0 Å². The van der Waals surface area contributed by atoms with Crippen molar-refractivity contribution < 1.29 is 42.3 Å². The van der Waals surface area contributed by atoms with Crippen LogP contribution < -0.4 is 5.32 Å². The van der Waals surface area contributed by atoms with Crippen LogP contribution in [0.5, 0.6) is 0 Å². The van der Waals surface area contributed by atoms with Crippen LogP contribution in [0.1, 0.15) is 26.2 Å². The number of carbonyl (C=O) groups is 1. The Bertz CT molecular complexity index is 173. The van der Waals surface area contributed by atoms with Gasteiger partial charge in [-0.15, -0.1) is 0 Å². The van der Waals surface area contributed by atoms with E-state index in [1.807, 2.05) is 0 Å². The van der Waals surface area contributed by atoms with Gasteiger partial charge in [-0.25, -0.2) is 0 Å². The summed E-state index contributed by atoms with van der Waals surface area (Å²) in [5.74, 6) is 0.215. The molecule has 0 aromatic rings. The summed E-state index contributed by atoms with van der Waals surface area (Å²) in [6, 6.07) is 0.0463. The van der Waals surface area contributed by atoms with Gasteiger partial charge in [-0.3, -0.25) is 4.79 Å². The van der Waals surface area contributed by atoms with E-state index in [9.17, 15) is 9.59 Å². The molecule has 0 bridgehead atoms. The second-order valence-corrected chi connectivity index (χ2v) is 3.00. The maximum absolute atomic E-state index is 11.0. The van der Waals surface area contributed by atoms with Gasteiger partial charge in [0.05, 0.1) is 0 Å². The summed E-state index contributed by atoms with van der Waals surface area (Å²) >= 11 is 0. The zero-order valence-electron chi connectivity index (χ0n) is 8.17. The van der Waals surface area contributed by atoms with Crippen LogP contribution in [-0.4, -0.2) is 18.2 Å². The summed E-state index contributed by atoms with van der Waals surface area (Å²) in [6.45, 7) is 1.58. The number of Topliss-reactive ketones (excluding diaryl/α,β-unsaturated/α-hetero) is 1. The quantitative estimate of drug-likeness (QED) is 0.602. The van der Waals surface area contributed by atoms with Crippen molar-refractivity contribution in [2.75, 3.05) is 0 Å². The molecule has 0 saturated heterocycles. The minimum absolute atomic E-state index is 0. The molecule has 0 spiro atoms. The summed E-state index contributed by atoms with van der Waals surface area (Å²) in [5, 5.41) is 2.55. The van der Waals surface area contributed by atoms with Crippen molar-refractivity contribution in [3.63, 3.8) is 0 Å². The van der Waals surface area contributed by atoms with Crippen LogP contribution >= 0.6 is 0 Å². The smallest absolute Gasteiger partial charge is 0.134 e. The molecule has 0 aromatic carbocycles. The molecular formula is C9H15NO2Y-2. The Morgan fingerprint density at radius 2 is 2.08 bits per heavy atom. The average molecular weight is 258 g/mol. The van der Waals surface area contributed by atoms with Crippen LogP contribution in [0.15, 0.2) is 0 Å². The molecule has 0 heterocycles. The molecule has 1 fully saturated rings. The largest absolute Gasteiger partial charge is 0.527 e. The van der Waals surface area contributed by atoms with E-state index in [0.717, 1.165) is 19.3 Å². The first-order valence-electron chi connectivity index (χ1n) is 3.89. The minimum Gasteiger partial charge on any atom is -0.527 e. The summed E-state index contributed by atoms with van der Waals surface area (Å²) < 4.78 is 0. The SMILES string of the molecule is CC(=O)[C@H]1CCC[C@H]1N[C-]=O.[CH3-].[Y]. The van der Waals surface area contributed by atoms with Gasteiger partial charge in [0.15, 0.2) is 0 Å². The summed E-state index contributed by atoms with van der Waals surface area (Å²) in [5.41, 5.74) is 0. The van der Waals surface area contributed by atoms with E-state index in [1.54, 1.807) is 13.3 Å².